The lowest BCUT2D eigenvalue weighted by molar-refractivity contribution is -0.138. The van der Waals surface area contributed by atoms with Gasteiger partial charge < -0.3 is 4.90 Å². The second-order valence-corrected chi connectivity index (χ2v) is 12.1. The van der Waals surface area contributed by atoms with Crippen LogP contribution in [0.3, 0.4) is 0 Å². The van der Waals surface area contributed by atoms with Crippen LogP contribution < -0.4 is 5.56 Å². The lowest BCUT2D eigenvalue weighted by Gasteiger charge is -2.35. The van der Waals surface area contributed by atoms with Gasteiger partial charge in [0.1, 0.15) is 11.2 Å². The highest BCUT2D eigenvalue weighted by atomic mass is 79.9. The molecular weight excluding hydrogens is 651 g/mol. The zero-order valence-corrected chi connectivity index (χ0v) is 25.7. The van der Waals surface area contributed by atoms with Crippen molar-refractivity contribution in [3.63, 3.8) is 0 Å². The molecule has 6 aromatic rings. The summed E-state index contributed by atoms with van der Waals surface area (Å²) in [5, 5.41) is 13.0. The highest BCUT2D eigenvalue weighted by molar-refractivity contribution is 9.10. The summed E-state index contributed by atoms with van der Waals surface area (Å²) in [4.78, 5) is 29.6. The molecule has 0 bridgehead atoms. The van der Waals surface area contributed by atoms with E-state index in [2.05, 4.69) is 26.2 Å². The standard InChI is InChI=1S/C32H25BrF3N7O2/c1-18-12-23-28(17-41(18)30(44)20-8-10-25(33)24(14-20)32(34,35)36)43-29(21(16-37-43)13-19-6-4-3-5-7-19)42(31(23)45)22-9-11-27-26(15-22)38-39-40(27)2/h3-11,14-16,18H,12-13,17H2,1-2H3/t18-/m1/s1. The average molecular weight is 676 g/mol. The molecular formula is C32H25BrF3N7O2. The van der Waals surface area contributed by atoms with Gasteiger partial charge in [0.15, 0.2) is 0 Å². The normalized spacial score (nSPS) is 15.2. The van der Waals surface area contributed by atoms with Gasteiger partial charge in [-0.25, -0.2) is 9.20 Å². The van der Waals surface area contributed by atoms with Crippen LogP contribution in [-0.4, -0.2) is 46.0 Å². The maximum Gasteiger partial charge on any atom is 0.417 e. The summed E-state index contributed by atoms with van der Waals surface area (Å²) in [6.07, 6.45) is -2.23. The highest BCUT2D eigenvalue weighted by Gasteiger charge is 2.36. The minimum atomic E-state index is -4.63. The first-order chi connectivity index (χ1) is 21.5. The van der Waals surface area contributed by atoms with Gasteiger partial charge in [-0.2, -0.15) is 18.3 Å². The van der Waals surface area contributed by atoms with Crippen LogP contribution in [0.2, 0.25) is 0 Å². The molecule has 7 rings (SSSR count). The fraction of sp³-hybridized carbons (Fsp3) is 0.219. The number of carbonyl (C=O) groups is 1. The summed E-state index contributed by atoms with van der Waals surface area (Å²) >= 11 is 2.94. The summed E-state index contributed by atoms with van der Waals surface area (Å²) < 4.78 is 45.7. The molecule has 9 nitrogen and oxygen atoms in total. The monoisotopic (exact) mass is 675 g/mol. The van der Waals surface area contributed by atoms with Crippen LogP contribution in [0.4, 0.5) is 13.2 Å². The van der Waals surface area contributed by atoms with Crippen molar-refractivity contribution in [3.05, 3.63) is 121 Å². The van der Waals surface area contributed by atoms with E-state index in [0.29, 0.717) is 34.5 Å². The van der Waals surface area contributed by atoms with Crippen molar-refractivity contribution in [1.29, 1.82) is 0 Å². The molecule has 0 fully saturated rings. The number of aryl methyl sites for hydroxylation is 1. The van der Waals surface area contributed by atoms with E-state index in [4.69, 9.17) is 5.10 Å². The predicted molar refractivity (Wildman–Crippen MR) is 164 cm³/mol. The zero-order valence-electron chi connectivity index (χ0n) is 24.1. The van der Waals surface area contributed by atoms with Gasteiger partial charge in [0.25, 0.3) is 11.5 Å². The molecule has 1 aliphatic heterocycles. The quantitative estimate of drug-likeness (QED) is 0.238. The number of rotatable bonds is 4. The van der Waals surface area contributed by atoms with Crippen molar-refractivity contribution in [2.24, 2.45) is 7.05 Å². The van der Waals surface area contributed by atoms with Crippen LogP contribution in [0.25, 0.3) is 22.4 Å². The average Bonchev–Trinajstić information content (AvgIpc) is 3.60. The third-order valence-electron chi connectivity index (χ3n) is 8.32. The van der Waals surface area contributed by atoms with E-state index in [-0.39, 0.29) is 28.6 Å². The summed E-state index contributed by atoms with van der Waals surface area (Å²) in [5.41, 5.74) is 4.11. The second kappa shape index (κ2) is 10.7. The Morgan fingerprint density at radius 2 is 1.84 bits per heavy atom. The Kier molecular flexibility index (Phi) is 6.88. The second-order valence-electron chi connectivity index (χ2n) is 11.2. The van der Waals surface area contributed by atoms with E-state index in [0.717, 1.165) is 22.7 Å². The summed E-state index contributed by atoms with van der Waals surface area (Å²) in [5.74, 6) is -0.562. The van der Waals surface area contributed by atoms with Gasteiger partial charge >= 0.3 is 6.18 Å². The van der Waals surface area contributed by atoms with Crippen molar-refractivity contribution >= 4 is 38.5 Å². The Balaban J connectivity index is 1.39. The van der Waals surface area contributed by atoms with Gasteiger partial charge in [0.05, 0.1) is 35.2 Å². The van der Waals surface area contributed by atoms with E-state index >= 15 is 0 Å². The Labute approximate surface area is 262 Å². The number of hydrogen-bond donors (Lipinski definition) is 0. The van der Waals surface area contributed by atoms with E-state index in [1.165, 1.54) is 17.0 Å². The Bertz CT molecular complexity index is 2190. The van der Waals surface area contributed by atoms with Crippen LogP contribution in [-0.2, 0) is 32.6 Å². The Morgan fingerprint density at radius 3 is 2.60 bits per heavy atom. The number of nitrogens with zero attached hydrogens (tertiary/aromatic N) is 7. The van der Waals surface area contributed by atoms with Crippen LogP contribution in [0.15, 0.2) is 82.2 Å². The number of alkyl halides is 3. The summed E-state index contributed by atoms with van der Waals surface area (Å²) in [6, 6.07) is 18.3. The van der Waals surface area contributed by atoms with E-state index in [1.54, 1.807) is 33.9 Å². The van der Waals surface area contributed by atoms with Gasteiger partial charge in [-0.15, -0.1) is 5.10 Å². The maximum atomic E-state index is 14.4. The molecule has 0 radical (unpaired) electrons. The zero-order chi connectivity index (χ0) is 31.6. The molecule has 3 aromatic carbocycles. The molecule has 0 spiro atoms. The summed E-state index contributed by atoms with van der Waals surface area (Å²) in [6.45, 7) is 1.78. The molecule has 228 valence electrons. The molecule has 1 amide bonds. The molecule has 0 N–H and O–H groups in total. The van der Waals surface area contributed by atoms with Gasteiger partial charge in [0.2, 0.25) is 0 Å². The number of amides is 1. The van der Waals surface area contributed by atoms with Crippen molar-refractivity contribution in [2.45, 2.75) is 38.5 Å². The number of benzene rings is 3. The van der Waals surface area contributed by atoms with Gasteiger partial charge in [-0.05, 0) is 55.3 Å². The predicted octanol–water partition coefficient (Wildman–Crippen LogP) is 5.73. The lowest BCUT2D eigenvalue weighted by atomic mass is 9.97. The Morgan fingerprint density at radius 1 is 1.07 bits per heavy atom. The summed E-state index contributed by atoms with van der Waals surface area (Å²) in [7, 11) is 1.79. The minimum absolute atomic E-state index is 0.00498. The first-order valence-electron chi connectivity index (χ1n) is 14.2. The van der Waals surface area contributed by atoms with Crippen molar-refractivity contribution in [2.75, 3.05) is 0 Å². The van der Waals surface area contributed by atoms with Gasteiger partial charge in [-0.1, -0.05) is 51.5 Å². The molecule has 0 saturated carbocycles. The van der Waals surface area contributed by atoms with Crippen LogP contribution in [0, 0.1) is 0 Å². The lowest BCUT2D eigenvalue weighted by Crippen LogP contribution is -2.46. The largest absolute Gasteiger partial charge is 0.417 e. The molecule has 0 unspecified atom stereocenters. The Hall–Kier alpha value is -4.78. The topological polar surface area (TPSA) is 90.3 Å². The molecule has 4 heterocycles. The van der Waals surface area contributed by atoms with Gasteiger partial charge in [0, 0.05) is 40.7 Å². The first kappa shape index (κ1) is 29.0. The van der Waals surface area contributed by atoms with Crippen LogP contribution in [0.1, 0.15) is 45.2 Å². The molecule has 0 aliphatic carbocycles. The van der Waals surface area contributed by atoms with Crippen LogP contribution >= 0.6 is 15.9 Å². The molecule has 1 aliphatic rings. The van der Waals surface area contributed by atoms with E-state index < -0.39 is 23.7 Å². The molecule has 45 heavy (non-hydrogen) atoms. The fourth-order valence-electron chi connectivity index (χ4n) is 6.05. The molecule has 1 atom stereocenters. The first-order valence-corrected chi connectivity index (χ1v) is 15.0. The third kappa shape index (κ3) is 4.91. The van der Waals surface area contributed by atoms with Crippen LogP contribution in [0.5, 0.6) is 0 Å². The highest BCUT2D eigenvalue weighted by Crippen LogP contribution is 2.36. The van der Waals surface area contributed by atoms with E-state index in [1.807, 2.05) is 48.5 Å². The molecule has 3 aromatic heterocycles. The van der Waals surface area contributed by atoms with Crippen molar-refractivity contribution in [3.8, 4) is 5.69 Å². The molecule has 13 heteroatoms. The number of hydrogen-bond acceptors (Lipinski definition) is 5. The van der Waals surface area contributed by atoms with E-state index in [9.17, 15) is 22.8 Å². The van der Waals surface area contributed by atoms with Crippen molar-refractivity contribution < 1.29 is 18.0 Å². The smallest absolute Gasteiger partial charge is 0.330 e. The van der Waals surface area contributed by atoms with Gasteiger partial charge in [-0.3, -0.25) is 14.2 Å². The number of fused-ring (bicyclic) bond motifs is 4. The minimum Gasteiger partial charge on any atom is -0.330 e. The molecule has 0 saturated heterocycles. The fourth-order valence-corrected chi connectivity index (χ4v) is 6.52. The SMILES string of the molecule is C[C@@H]1Cc2c(n3ncc(Cc4ccccc4)c3n(-c3ccc4c(c3)nnn4C)c2=O)CN1C(=O)c1ccc(Br)c(C(F)(F)F)c1. The third-order valence-corrected chi connectivity index (χ3v) is 9.01. The number of halogens is 4. The number of carbonyl (C=O) groups excluding carboxylic acids is 1. The maximum absolute atomic E-state index is 14.4. The van der Waals surface area contributed by atoms with Crippen molar-refractivity contribution in [1.82, 2.24) is 34.1 Å². The number of aromatic nitrogens is 6.